The van der Waals surface area contributed by atoms with E-state index in [1.807, 2.05) is 0 Å². The third-order valence-electron chi connectivity index (χ3n) is 4.09. The van der Waals surface area contributed by atoms with Gasteiger partial charge in [-0.15, -0.1) is 0 Å². The van der Waals surface area contributed by atoms with Crippen molar-refractivity contribution in [1.82, 2.24) is 15.2 Å². The van der Waals surface area contributed by atoms with Gasteiger partial charge in [0.05, 0.1) is 6.04 Å². The standard InChI is InChI=1S/C18H19FN4O2/c1-20-16-8-13(5-6-21-16)18(25)22-15-9-17(24)23(11-15)10-12-3-2-4-14(19)7-12/h2-8,15H,9-11H2,1H3,(H,20,21)(H,22,25)/t15-/m0/s1. The summed E-state index contributed by atoms with van der Waals surface area (Å²) in [6.45, 7) is 0.743. The molecule has 2 amide bonds. The van der Waals surface area contributed by atoms with Gasteiger partial charge in [0.15, 0.2) is 0 Å². The number of carbonyl (C=O) groups excluding carboxylic acids is 2. The minimum atomic E-state index is -0.327. The Morgan fingerprint density at radius 3 is 2.96 bits per heavy atom. The van der Waals surface area contributed by atoms with Gasteiger partial charge in [-0.3, -0.25) is 9.59 Å². The largest absolute Gasteiger partial charge is 0.373 e. The topological polar surface area (TPSA) is 74.3 Å². The minimum absolute atomic E-state index is 0.0554. The number of rotatable bonds is 5. The summed E-state index contributed by atoms with van der Waals surface area (Å²) in [5.74, 6) is -0.0283. The van der Waals surface area contributed by atoms with Crippen LogP contribution in [0.4, 0.5) is 10.2 Å². The van der Waals surface area contributed by atoms with Crippen molar-refractivity contribution in [3.8, 4) is 0 Å². The molecule has 2 aromatic rings. The van der Waals surface area contributed by atoms with Crippen molar-refractivity contribution in [3.63, 3.8) is 0 Å². The highest BCUT2D eigenvalue weighted by Crippen LogP contribution is 2.16. The Kier molecular flexibility index (Phi) is 4.92. The van der Waals surface area contributed by atoms with E-state index in [-0.39, 0.29) is 30.1 Å². The van der Waals surface area contributed by atoms with Gasteiger partial charge in [-0.25, -0.2) is 9.37 Å². The first-order valence-electron chi connectivity index (χ1n) is 8.02. The third kappa shape index (κ3) is 4.12. The Morgan fingerprint density at radius 2 is 2.20 bits per heavy atom. The number of hydrogen-bond acceptors (Lipinski definition) is 4. The van der Waals surface area contributed by atoms with Crippen LogP contribution in [0.15, 0.2) is 42.6 Å². The molecular formula is C18H19FN4O2. The van der Waals surface area contributed by atoms with Crippen molar-refractivity contribution < 1.29 is 14.0 Å². The van der Waals surface area contributed by atoms with E-state index in [1.54, 1.807) is 42.4 Å². The fourth-order valence-corrected chi connectivity index (χ4v) is 2.85. The molecule has 25 heavy (non-hydrogen) atoms. The Balaban J connectivity index is 1.61. The van der Waals surface area contributed by atoms with Crippen molar-refractivity contribution in [2.45, 2.75) is 19.0 Å². The monoisotopic (exact) mass is 342 g/mol. The van der Waals surface area contributed by atoms with Gasteiger partial charge in [-0.1, -0.05) is 12.1 Å². The van der Waals surface area contributed by atoms with E-state index >= 15 is 0 Å². The lowest BCUT2D eigenvalue weighted by Gasteiger charge is -2.17. The van der Waals surface area contributed by atoms with Crippen LogP contribution in [0.5, 0.6) is 0 Å². The fourth-order valence-electron chi connectivity index (χ4n) is 2.85. The van der Waals surface area contributed by atoms with E-state index in [0.717, 1.165) is 5.56 Å². The molecule has 3 rings (SSSR count). The first kappa shape index (κ1) is 16.9. The zero-order valence-corrected chi connectivity index (χ0v) is 13.8. The lowest BCUT2D eigenvalue weighted by Crippen LogP contribution is -2.37. The second kappa shape index (κ2) is 7.29. The van der Waals surface area contributed by atoms with Gasteiger partial charge < -0.3 is 15.5 Å². The predicted octanol–water partition coefficient (Wildman–Crippen LogP) is 1.79. The van der Waals surface area contributed by atoms with Crippen LogP contribution in [0.2, 0.25) is 0 Å². The molecule has 0 bridgehead atoms. The van der Waals surface area contributed by atoms with Crippen molar-refractivity contribution in [2.24, 2.45) is 0 Å². The van der Waals surface area contributed by atoms with Crippen molar-refractivity contribution in [1.29, 1.82) is 0 Å². The van der Waals surface area contributed by atoms with Crippen LogP contribution < -0.4 is 10.6 Å². The average Bonchev–Trinajstić information content (AvgIpc) is 2.94. The molecule has 1 atom stereocenters. The Morgan fingerprint density at radius 1 is 1.36 bits per heavy atom. The van der Waals surface area contributed by atoms with Gasteiger partial charge >= 0.3 is 0 Å². The minimum Gasteiger partial charge on any atom is -0.373 e. The molecule has 2 heterocycles. The normalized spacial score (nSPS) is 16.8. The lowest BCUT2D eigenvalue weighted by atomic mass is 10.2. The van der Waals surface area contributed by atoms with Crippen molar-refractivity contribution in [3.05, 3.63) is 59.5 Å². The first-order chi connectivity index (χ1) is 12.0. The summed E-state index contributed by atoms with van der Waals surface area (Å²) in [4.78, 5) is 30.2. The molecule has 0 aliphatic carbocycles. The van der Waals surface area contributed by atoms with Crippen LogP contribution in [-0.4, -0.2) is 41.3 Å². The van der Waals surface area contributed by atoms with Gasteiger partial charge in [0.1, 0.15) is 11.6 Å². The Bertz CT molecular complexity index is 796. The number of nitrogens with one attached hydrogen (secondary N) is 2. The van der Waals surface area contributed by atoms with Crippen LogP contribution in [0, 0.1) is 5.82 Å². The number of pyridine rings is 1. The van der Waals surface area contributed by atoms with Crippen molar-refractivity contribution in [2.75, 3.05) is 18.9 Å². The first-order valence-corrected chi connectivity index (χ1v) is 8.02. The van der Waals surface area contributed by atoms with Crippen LogP contribution in [-0.2, 0) is 11.3 Å². The zero-order valence-electron chi connectivity index (χ0n) is 13.8. The SMILES string of the molecule is CNc1cc(C(=O)N[C@H]2CC(=O)N(Cc3cccc(F)c3)C2)ccn1. The summed E-state index contributed by atoms with van der Waals surface area (Å²) in [6.07, 6.45) is 1.79. The number of amides is 2. The number of halogens is 1. The smallest absolute Gasteiger partial charge is 0.251 e. The van der Waals surface area contributed by atoms with E-state index in [9.17, 15) is 14.0 Å². The number of carbonyl (C=O) groups is 2. The fraction of sp³-hybridized carbons (Fsp3) is 0.278. The number of hydrogen-bond donors (Lipinski definition) is 2. The molecule has 1 aliphatic heterocycles. The Hall–Kier alpha value is -2.96. The molecular weight excluding hydrogens is 323 g/mol. The molecule has 0 radical (unpaired) electrons. The van der Waals surface area contributed by atoms with Gasteiger partial charge in [0.2, 0.25) is 5.91 Å². The van der Waals surface area contributed by atoms with Gasteiger partial charge in [-0.05, 0) is 29.8 Å². The molecule has 1 aliphatic rings. The predicted molar refractivity (Wildman–Crippen MR) is 91.5 cm³/mol. The Labute approximate surface area is 145 Å². The molecule has 2 N–H and O–H groups in total. The summed E-state index contributed by atoms with van der Waals surface area (Å²) in [5.41, 5.74) is 1.21. The molecule has 0 saturated carbocycles. The molecule has 130 valence electrons. The maximum absolute atomic E-state index is 13.3. The van der Waals surface area contributed by atoms with E-state index < -0.39 is 0 Å². The van der Waals surface area contributed by atoms with Crippen molar-refractivity contribution >= 4 is 17.6 Å². The molecule has 0 unspecified atom stereocenters. The number of aromatic nitrogens is 1. The van der Waals surface area contributed by atoms with E-state index in [2.05, 4.69) is 15.6 Å². The number of likely N-dealkylation sites (tertiary alicyclic amines) is 1. The molecule has 1 aromatic carbocycles. The summed E-state index contributed by atoms with van der Waals surface area (Å²) in [5, 5.41) is 5.75. The molecule has 0 spiro atoms. The number of benzene rings is 1. The molecule has 1 fully saturated rings. The third-order valence-corrected chi connectivity index (χ3v) is 4.09. The molecule has 1 aromatic heterocycles. The van der Waals surface area contributed by atoms with E-state index in [1.165, 1.54) is 12.1 Å². The van der Waals surface area contributed by atoms with Gasteiger partial charge in [0.25, 0.3) is 5.91 Å². The highest BCUT2D eigenvalue weighted by Gasteiger charge is 2.30. The quantitative estimate of drug-likeness (QED) is 0.869. The maximum atomic E-state index is 13.3. The maximum Gasteiger partial charge on any atom is 0.251 e. The second-order valence-corrected chi connectivity index (χ2v) is 5.96. The highest BCUT2D eigenvalue weighted by atomic mass is 19.1. The summed E-state index contributed by atoms with van der Waals surface area (Å²) < 4.78 is 13.3. The van der Waals surface area contributed by atoms with Gasteiger partial charge in [-0.2, -0.15) is 0 Å². The molecule has 1 saturated heterocycles. The molecule has 6 nitrogen and oxygen atoms in total. The summed E-state index contributed by atoms with van der Waals surface area (Å²) in [6, 6.07) is 9.18. The average molecular weight is 342 g/mol. The highest BCUT2D eigenvalue weighted by molar-refractivity contribution is 5.95. The van der Waals surface area contributed by atoms with Crippen LogP contribution >= 0.6 is 0 Å². The van der Waals surface area contributed by atoms with Crippen LogP contribution in [0.1, 0.15) is 22.3 Å². The summed E-state index contributed by atoms with van der Waals surface area (Å²) in [7, 11) is 1.73. The molecule has 7 heteroatoms. The number of nitrogens with zero attached hydrogens (tertiary/aromatic N) is 2. The summed E-state index contributed by atoms with van der Waals surface area (Å²) >= 11 is 0. The van der Waals surface area contributed by atoms with Crippen LogP contribution in [0.25, 0.3) is 0 Å². The number of anilines is 1. The van der Waals surface area contributed by atoms with Gasteiger partial charge in [0, 0.05) is 38.3 Å². The van der Waals surface area contributed by atoms with Crippen LogP contribution in [0.3, 0.4) is 0 Å². The lowest BCUT2D eigenvalue weighted by molar-refractivity contribution is -0.128. The van der Waals surface area contributed by atoms with E-state index in [0.29, 0.717) is 24.5 Å². The van der Waals surface area contributed by atoms with E-state index in [4.69, 9.17) is 0 Å². The second-order valence-electron chi connectivity index (χ2n) is 5.96. The zero-order chi connectivity index (χ0) is 17.8.